The second-order valence-corrected chi connectivity index (χ2v) is 3.70. The number of hydrogen-bond acceptors (Lipinski definition) is 3. The molecule has 0 saturated carbocycles. The van der Waals surface area contributed by atoms with Gasteiger partial charge in [0.1, 0.15) is 0 Å². The summed E-state index contributed by atoms with van der Waals surface area (Å²) in [6.07, 6.45) is 2.52. The predicted molar refractivity (Wildman–Crippen MR) is 62.3 cm³/mol. The number of aliphatic hydroxyl groups excluding tert-OH is 1. The Morgan fingerprint density at radius 2 is 2.25 bits per heavy atom. The van der Waals surface area contributed by atoms with Gasteiger partial charge in [0, 0.05) is 30.5 Å². The molecule has 16 heavy (non-hydrogen) atoms. The summed E-state index contributed by atoms with van der Waals surface area (Å²) in [5.74, 6) is -0.0404. The highest BCUT2D eigenvalue weighted by atomic mass is 16.3. The highest BCUT2D eigenvalue weighted by Gasteiger charge is 2.14. The lowest BCUT2D eigenvalue weighted by atomic mass is 10.2. The summed E-state index contributed by atoms with van der Waals surface area (Å²) in [6.45, 7) is 4.91. The molecule has 4 heteroatoms. The molecule has 0 unspecified atom stereocenters. The second kappa shape index (κ2) is 6.23. The van der Waals surface area contributed by atoms with Crippen LogP contribution in [0.5, 0.6) is 0 Å². The van der Waals surface area contributed by atoms with Gasteiger partial charge in [0.2, 0.25) is 0 Å². The molecule has 0 aliphatic carbocycles. The predicted octanol–water partition coefficient (Wildman–Crippen LogP) is 1.23. The Kier molecular flexibility index (Phi) is 4.92. The third-order valence-corrected chi connectivity index (χ3v) is 2.29. The molecule has 0 fully saturated rings. The third kappa shape index (κ3) is 3.31. The van der Waals surface area contributed by atoms with E-state index in [1.165, 1.54) is 0 Å². The molecule has 0 bridgehead atoms. The molecule has 1 N–H and O–H groups in total. The van der Waals surface area contributed by atoms with E-state index in [1.54, 1.807) is 23.2 Å². The minimum atomic E-state index is -0.0404. The Hall–Kier alpha value is -1.42. The molecular weight excluding hydrogens is 204 g/mol. The van der Waals surface area contributed by atoms with E-state index in [9.17, 15) is 4.79 Å². The SMILES string of the molecule is CCCN(CCO)C(=O)c1ccnc(C)c1. The molecule has 88 valence electrons. The van der Waals surface area contributed by atoms with Crippen LogP contribution in [-0.4, -0.2) is 40.6 Å². The van der Waals surface area contributed by atoms with Crippen LogP contribution in [0.25, 0.3) is 0 Å². The minimum absolute atomic E-state index is 0.00416. The highest BCUT2D eigenvalue weighted by Crippen LogP contribution is 2.06. The van der Waals surface area contributed by atoms with Gasteiger partial charge in [0.15, 0.2) is 0 Å². The summed E-state index contributed by atoms with van der Waals surface area (Å²) in [7, 11) is 0. The van der Waals surface area contributed by atoms with Crippen molar-refractivity contribution in [3.63, 3.8) is 0 Å². The largest absolute Gasteiger partial charge is 0.395 e. The van der Waals surface area contributed by atoms with Gasteiger partial charge >= 0.3 is 0 Å². The number of rotatable bonds is 5. The van der Waals surface area contributed by atoms with Gasteiger partial charge in [-0.2, -0.15) is 0 Å². The Labute approximate surface area is 95.9 Å². The molecular formula is C12H18N2O2. The standard InChI is InChI=1S/C12H18N2O2/c1-3-6-14(7-8-15)12(16)11-4-5-13-10(2)9-11/h4-5,9,15H,3,6-8H2,1-2H3. The monoisotopic (exact) mass is 222 g/mol. The van der Waals surface area contributed by atoms with Crippen molar-refractivity contribution >= 4 is 5.91 Å². The van der Waals surface area contributed by atoms with E-state index in [0.29, 0.717) is 18.7 Å². The number of pyridine rings is 1. The molecule has 0 aliphatic heterocycles. The third-order valence-electron chi connectivity index (χ3n) is 2.29. The maximum absolute atomic E-state index is 12.1. The Morgan fingerprint density at radius 1 is 1.50 bits per heavy atom. The van der Waals surface area contributed by atoms with Crippen LogP contribution in [0.15, 0.2) is 18.3 Å². The van der Waals surface area contributed by atoms with Crippen LogP contribution in [0.2, 0.25) is 0 Å². The summed E-state index contributed by atoms with van der Waals surface area (Å²) < 4.78 is 0. The second-order valence-electron chi connectivity index (χ2n) is 3.70. The van der Waals surface area contributed by atoms with Gasteiger partial charge in [0.05, 0.1) is 6.61 Å². The molecule has 1 amide bonds. The van der Waals surface area contributed by atoms with Crippen LogP contribution in [-0.2, 0) is 0 Å². The summed E-state index contributed by atoms with van der Waals surface area (Å²) in [4.78, 5) is 17.8. The Balaban J connectivity index is 2.81. The lowest BCUT2D eigenvalue weighted by molar-refractivity contribution is 0.0721. The molecule has 0 saturated heterocycles. The summed E-state index contributed by atoms with van der Waals surface area (Å²) in [5.41, 5.74) is 1.46. The van der Waals surface area contributed by atoms with Crippen LogP contribution in [0.3, 0.4) is 0 Å². The van der Waals surface area contributed by atoms with E-state index in [2.05, 4.69) is 4.98 Å². The van der Waals surface area contributed by atoms with Crippen LogP contribution in [0.4, 0.5) is 0 Å². The lowest BCUT2D eigenvalue weighted by Gasteiger charge is -2.21. The van der Waals surface area contributed by atoms with Crippen molar-refractivity contribution in [3.8, 4) is 0 Å². The average molecular weight is 222 g/mol. The van der Waals surface area contributed by atoms with Crippen molar-refractivity contribution in [2.24, 2.45) is 0 Å². The van der Waals surface area contributed by atoms with Crippen LogP contribution < -0.4 is 0 Å². The quantitative estimate of drug-likeness (QED) is 0.815. The van der Waals surface area contributed by atoms with E-state index in [0.717, 1.165) is 12.1 Å². The van der Waals surface area contributed by atoms with Gasteiger partial charge in [-0.3, -0.25) is 9.78 Å². The van der Waals surface area contributed by atoms with E-state index < -0.39 is 0 Å². The van der Waals surface area contributed by atoms with E-state index in [1.807, 2.05) is 13.8 Å². The van der Waals surface area contributed by atoms with Crippen molar-refractivity contribution in [1.29, 1.82) is 0 Å². The van der Waals surface area contributed by atoms with Crippen molar-refractivity contribution in [2.45, 2.75) is 20.3 Å². The number of carbonyl (C=O) groups is 1. The number of aromatic nitrogens is 1. The van der Waals surface area contributed by atoms with Gasteiger partial charge in [-0.15, -0.1) is 0 Å². The average Bonchev–Trinajstić information content (AvgIpc) is 2.28. The maximum atomic E-state index is 12.1. The maximum Gasteiger partial charge on any atom is 0.254 e. The lowest BCUT2D eigenvalue weighted by Crippen LogP contribution is -2.34. The van der Waals surface area contributed by atoms with Crippen LogP contribution >= 0.6 is 0 Å². The summed E-state index contributed by atoms with van der Waals surface area (Å²) in [5, 5.41) is 8.91. The first-order valence-corrected chi connectivity index (χ1v) is 5.51. The number of hydrogen-bond donors (Lipinski definition) is 1. The van der Waals surface area contributed by atoms with Crippen molar-refractivity contribution in [3.05, 3.63) is 29.6 Å². The fourth-order valence-corrected chi connectivity index (χ4v) is 1.57. The van der Waals surface area contributed by atoms with Gasteiger partial charge in [-0.25, -0.2) is 0 Å². The minimum Gasteiger partial charge on any atom is -0.395 e. The zero-order chi connectivity index (χ0) is 12.0. The van der Waals surface area contributed by atoms with E-state index in [-0.39, 0.29) is 12.5 Å². The number of carbonyl (C=O) groups excluding carboxylic acids is 1. The van der Waals surface area contributed by atoms with Crippen molar-refractivity contribution in [1.82, 2.24) is 9.88 Å². The molecule has 0 spiro atoms. The molecule has 4 nitrogen and oxygen atoms in total. The first-order chi connectivity index (χ1) is 7.69. The highest BCUT2D eigenvalue weighted by molar-refractivity contribution is 5.94. The van der Waals surface area contributed by atoms with Gasteiger partial charge in [-0.05, 0) is 25.5 Å². The number of amides is 1. The van der Waals surface area contributed by atoms with Gasteiger partial charge in [-0.1, -0.05) is 6.92 Å². The molecule has 0 aliphatic rings. The molecule has 1 aromatic rings. The van der Waals surface area contributed by atoms with Crippen molar-refractivity contribution in [2.75, 3.05) is 19.7 Å². The Morgan fingerprint density at radius 3 is 2.81 bits per heavy atom. The first kappa shape index (κ1) is 12.6. The molecule has 0 radical (unpaired) electrons. The fraction of sp³-hybridized carbons (Fsp3) is 0.500. The molecule has 0 aromatic carbocycles. The Bertz CT molecular complexity index is 347. The van der Waals surface area contributed by atoms with E-state index >= 15 is 0 Å². The molecule has 1 rings (SSSR count). The summed E-state index contributed by atoms with van der Waals surface area (Å²) >= 11 is 0. The van der Waals surface area contributed by atoms with Gasteiger partial charge in [0.25, 0.3) is 5.91 Å². The number of nitrogens with zero attached hydrogens (tertiary/aromatic N) is 2. The first-order valence-electron chi connectivity index (χ1n) is 5.51. The van der Waals surface area contributed by atoms with Gasteiger partial charge < -0.3 is 10.0 Å². The van der Waals surface area contributed by atoms with E-state index in [4.69, 9.17) is 5.11 Å². The molecule has 0 atom stereocenters. The number of aliphatic hydroxyl groups is 1. The molecule has 1 aromatic heterocycles. The zero-order valence-electron chi connectivity index (χ0n) is 9.81. The van der Waals surface area contributed by atoms with Crippen LogP contribution in [0.1, 0.15) is 29.4 Å². The molecule has 1 heterocycles. The summed E-state index contributed by atoms with van der Waals surface area (Å²) in [6, 6.07) is 3.47. The zero-order valence-corrected chi connectivity index (χ0v) is 9.81. The topological polar surface area (TPSA) is 53.4 Å². The number of aryl methyl sites for hydroxylation is 1. The van der Waals surface area contributed by atoms with Crippen molar-refractivity contribution < 1.29 is 9.90 Å². The smallest absolute Gasteiger partial charge is 0.254 e. The fourth-order valence-electron chi connectivity index (χ4n) is 1.57. The normalized spacial score (nSPS) is 10.2. The van der Waals surface area contributed by atoms with Crippen LogP contribution in [0, 0.1) is 6.92 Å².